The van der Waals surface area contributed by atoms with Crippen LogP contribution in [0.4, 0.5) is 5.82 Å². The van der Waals surface area contributed by atoms with Gasteiger partial charge >= 0.3 is 24.8 Å². The van der Waals surface area contributed by atoms with Crippen molar-refractivity contribution in [3.8, 4) is 0 Å². The van der Waals surface area contributed by atoms with E-state index in [0.717, 1.165) is 0 Å². The molecule has 0 spiro atoms. The van der Waals surface area contributed by atoms with Gasteiger partial charge in [0.05, 0.1) is 28.2 Å². The molecule has 7 nitrogen and oxygen atoms in total. The smallest absolute Gasteiger partial charge is 0.870 e. The first-order valence-corrected chi connectivity index (χ1v) is 4.92. The Hall–Kier alpha value is -2.07. The summed E-state index contributed by atoms with van der Waals surface area (Å²) in [6, 6.07) is 4.69. The molecule has 0 aliphatic heterocycles. The summed E-state index contributed by atoms with van der Waals surface area (Å²) in [4.78, 5) is 15.1. The van der Waals surface area contributed by atoms with Crippen LogP contribution in [0.15, 0.2) is 24.4 Å². The van der Waals surface area contributed by atoms with Gasteiger partial charge in [0, 0.05) is 5.39 Å². The molecule has 0 bridgehead atoms. The Morgan fingerprint density at radius 3 is 2.74 bits per heavy atom. The van der Waals surface area contributed by atoms with Gasteiger partial charge in [-0.15, -0.1) is 0 Å². The molecule has 1 aromatic carbocycles. The molecule has 3 rings (SSSR count). The Bertz CT molecular complexity index is 756. The van der Waals surface area contributed by atoms with Crippen LogP contribution >= 0.6 is 0 Å². The van der Waals surface area contributed by atoms with E-state index in [1.165, 1.54) is 6.07 Å². The monoisotopic (exact) mass is 252 g/mol. The summed E-state index contributed by atoms with van der Waals surface area (Å²) in [5.41, 5.74) is 7.33. The second-order valence-electron chi connectivity index (χ2n) is 3.69. The van der Waals surface area contributed by atoms with Crippen LogP contribution < -0.4 is 24.6 Å². The van der Waals surface area contributed by atoms with Crippen molar-refractivity contribution in [3.63, 3.8) is 0 Å². The summed E-state index contributed by atoms with van der Waals surface area (Å²) in [6.07, 6.45) is 1.57. The second-order valence-corrected chi connectivity index (χ2v) is 3.69. The van der Waals surface area contributed by atoms with Crippen LogP contribution in [0.3, 0.4) is 0 Å². The zero-order chi connectivity index (χ0) is 12.0. The number of fused-ring (bicyclic) bond motifs is 3. The van der Waals surface area contributed by atoms with E-state index in [2.05, 4.69) is 15.2 Å². The summed E-state index contributed by atoms with van der Waals surface area (Å²) in [6.45, 7) is 0. The van der Waals surface area contributed by atoms with Crippen LogP contribution in [0, 0.1) is 0 Å². The largest absolute Gasteiger partial charge is 1.00 e. The second kappa shape index (κ2) is 5.28. The maximum atomic E-state index is 10.9. The summed E-state index contributed by atoms with van der Waals surface area (Å²) in [5, 5.41) is 17.0. The molecule has 0 aliphatic carbocycles. The molecular formula is C11H9LiN4O3. The Morgan fingerprint density at radius 2 is 2.05 bits per heavy atom. The van der Waals surface area contributed by atoms with Crippen molar-refractivity contribution >= 4 is 33.6 Å². The van der Waals surface area contributed by atoms with Crippen molar-refractivity contribution in [3.05, 3.63) is 30.0 Å². The first-order chi connectivity index (χ1) is 8.16. The van der Waals surface area contributed by atoms with E-state index in [9.17, 15) is 4.79 Å². The molecule has 0 aliphatic rings. The molecule has 8 heteroatoms. The normalized spacial score (nSPS) is 9.89. The van der Waals surface area contributed by atoms with Gasteiger partial charge in [-0.1, -0.05) is 0 Å². The number of H-pyrrole nitrogens is 1. The fourth-order valence-electron chi connectivity index (χ4n) is 1.84. The molecule has 92 valence electrons. The topological polar surface area (TPSA) is 135 Å². The number of hydrogen-bond acceptors (Lipinski definition) is 5. The first-order valence-electron chi connectivity index (χ1n) is 4.92. The van der Waals surface area contributed by atoms with E-state index in [1.54, 1.807) is 18.3 Å². The minimum atomic E-state index is -0.976. The number of carbonyl (C=O) groups is 1. The van der Waals surface area contributed by atoms with Crippen molar-refractivity contribution in [2.24, 2.45) is 0 Å². The van der Waals surface area contributed by atoms with Gasteiger partial charge in [-0.2, -0.15) is 5.10 Å². The fourth-order valence-corrected chi connectivity index (χ4v) is 1.84. The minimum Gasteiger partial charge on any atom is -0.870 e. The average Bonchev–Trinajstić information content (AvgIpc) is 2.78. The number of hydrogen-bond donors (Lipinski definition) is 3. The van der Waals surface area contributed by atoms with Crippen LogP contribution in [0.1, 0.15) is 10.4 Å². The molecule has 0 fully saturated rings. The number of carboxylic acids is 1. The van der Waals surface area contributed by atoms with E-state index in [0.29, 0.717) is 27.6 Å². The predicted molar refractivity (Wildman–Crippen MR) is 64.7 cm³/mol. The molecule has 0 radical (unpaired) electrons. The van der Waals surface area contributed by atoms with Crippen molar-refractivity contribution in [1.82, 2.24) is 15.2 Å². The fraction of sp³-hybridized carbons (Fsp3) is 0. The quantitative estimate of drug-likeness (QED) is 0.438. The third-order valence-electron chi connectivity index (χ3n) is 2.67. The van der Waals surface area contributed by atoms with Gasteiger partial charge in [0.1, 0.15) is 5.82 Å². The van der Waals surface area contributed by atoms with Gasteiger partial charge in [-0.05, 0) is 18.2 Å². The number of nitrogens with zero attached hydrogens (tertiary/aromatic N) is 2. The summed E-state index contributed by atoms with van der Waals surface area (Å²) in [5.74, 6) is -0.597. The van der Waals surface area contributed by atoms with Crippen molar-refractivity contribution in [1.29, 1.82) is 0 Å². The van der Waals surface area contributed by atoms with Gasteiger partial charge in [0.25, 0.3) is 0 Å². The maximum Gasteiger partial charge on any atom is 1.00 e. The molecule has 0 saturated heterocycles. The van der Waals surface area contributed by atoms with Crippen molar-refractivity contribution in [2.75, 3.05) is 5.73 Å². The third kappa shape index (κ3) is 2.27. The third-order valence-corrected chi connectivity index (χ3v) is 2.67. The molecule has 19 heavy (non-hydrogen) atoms. The molecule has 0 amide bonds. The van der Waals surface area contributed by atoms with E-state index >= 15 is 0 Å². The van der Waals surface area contributed by atoms with Gasteiger partial charge < -0.3 is 16.3 Å². The Kier molecular flexibility index (Phi) is 4.16. The van der Waals surface area contributed by atoms with Gasteiger partial charge in [0.15, 0.2) is 0 Å². The molecule has 2 aromatic heterocycles. The van der Waals surface area contributed by atoms with E-state index in [4.69, 9.17) is 10.8 Å². The number of benzene rings is 1. The molecule has 2 heterocycles. The van der Waals surface area contributed by atoms with Gasteiger partial charge in [-0.25, -0.2) is 9.78 Å². The Labute approximate surface area is 119 Å². The number of carboxylic acid groups (broad SMARTS) is 1. The first kappa shape index (κ1) is 15.0. The zero-order valence-electron chi connectivity index (χ0n) is 10.1. The number of rotatable bonds is 1. The van der Waals surface area contributed by atoms with Crippen LogP contribution in [0.25, 0.3) is 21.8 Å². The number of pyridine rings is 1. The van der Waals surface area contributed by atoms with Crippen LogP contribution in [-0.4, -0.2) is 31.7 Å². The molecule has 0 saturated carbocycles. The number of nitrogens with one attached hydrogen (secondary N) is 1. The van der Waals surface area contributed by atoms with E-state index < -0.39 is 5.97 Å². The summed E-state index contributed by atoms with van der Waals surface area (Å²) < 4.78 is 0. The minimum absolute atomic E-state index is 0. The molecular weight excluding hydrogens is 243 g/mol. The number of nitrogens with two attached hydrogens (primary N) is 1. The predicted octanol–water partition coefficient (Wildman–Crippen LogP) is -1.78. The number of nitrogen functional groups attached to an aromatic ring is 1. The maximum absolute atomic E-state index is 10.9. The van der Waals surface area contributed by atoms with E-state index in [1.807, 2.05) is 0 Å². The molecule has 0 unspecified atom stereocenters. The number of aromatic amines is 1. The number of anilines is 1. The Balaban J connectivity index is 0.000000902. The van der Waals surface area contributed by atoms with E-state index in [-0.39, 0.29) is 29.9 Å². The number of aromatic carboxylic acids is 1. The standard InChI is InChI=1S/C11H8N4O2.Li.H2O/c12-10-7-4-13-15-9(7)6-3-5(11(16)17)1-2-8(6)14-10;;/h1-4H,(H2,12,14)(H,13,15)(H,16,17);;1H2/q;+1;/p-1. The van der Waals surface area contributed by atoms with Gasteiger partial charge in [0.2, 0.25) is 0 Å². The molecule has 5 N–H and O–H groups in total. The van der Waals surface area contributed by atoms with Crippen molar-refractivity contribution < 1.29 is 34.2 Å². The molecule has 0 atom stereocenters. The van der Waals surface area contributed by atoms with Crippen LogP contribution in [-0.2, 0) is 0 Å². The van der Waals surface area contributed by atoms with Gasteiger partial charge in [-0.3, -0.25) is 5.10 Å². The van der Waals surface area contributed by atoms with Crippen LogP contribution in [0.2, 0.25) is 0 Å². The Morgan fingerprint density at radius 1 is 1.32 bits per heavy atom. The van der Waals surface area contributed by atoms with Crippen molar-refractivity contribution in [2.45, 2.75) is 0 Å². The summed E-state index contributed by atoms with van der Waals surface area (Å²) in [7, 11) is 0. The zero-order valence-corrected chi connectivity index (χ0v) is 10.1. The number of aromatic nitrogens is 3. The molecule has 3 aromatic rings. The SMILES string of the molecule is Nc1nc2ccc(C(=O)O)cc2c2[nH]ncc12.[Li+].[OH-]. The van der Waals surface area contributed by atoms with Crippen LogP contribution in [0.5, 0.6) is 0 Å². The summed E-state index contributed by atoms with van der Waals surface area (Å²) >= 11 is 0. The average molecular weight is 252 g/mol.